The Hall–Kier alpha value is -1.00. The minimum atomic E-state index is -0.821. The Bertz CT molecular complexity index is 430. The van der Waals surface area contributed by atoms with E-state index in [0.29, 0.717) is 6.54 Å². The Labute approximate surface area is 112 Å². The monoisotopic (exact) mass is 269 g/mol. The van der Waals surface area contributed by atoms with Crippen molar-refractivity contribution >= 4 is 0 Å². The average Bonchev–Trinajstić information content (AvgIpc) is 2.89. The Balaban J connectivity index is 1.96. The third-order valence-electron chi connectivity index (χ3n) is 4.23. The van der Waals surface area contributed by atoms with Gasteiger partial charge in [0.25, 0.3) is 0 Å². The fraction of sp³-hybridized carbons (Fsp3) is 0.600. The molecule has 4 heteroatoms. The molecule has 0 amide bonds. The van der Waals surface area contributed by atoms with E-state index >= 15 is 0 Å². The number of rotatable bonds is 5. The van der Waals surface area contributed by atoms with Crippen LogP contribution in [0.2, 0.25) is 0 Å². The van der Waals surface area contributed by atoms with Crippen LogP contribution in [-0.2, 0) is 0 Å². The van der Waals surface area contributed by atoms with Gasteiger partial charge in [0.2, 0.25) is 0 Å². The lowest BCUT2D eigenvalue weighted by atomic mass is 9.87. The van der Waals surface area contributed by atoms with Gasteiger partial charge in [-0.2, -0.15) is 0 Å². The largest absolute Gasteiger partial charge is 0.396 e. The molecule has 1 unspecified atom stereocenters. The molecule has 2 N–H and O–H groups in total. The predicted octanol–water partition coefficient (Wildman–Crippen LogP) is 3.17. The summed E-state index contributed by atoms with van der Waals surface area (Å²) in [6, 6.07) is 3.92. The van der Waals surface area contributed by atoms with E-state index in [9.17, 15) is 13.9 Å². The number of nitrogens with one attached hydrogen (secondary N) is 1. The van der Waals surface area contributed by atoms with Gasteiger partial charge in [-0.15, -0.1) is 0 Å². The molecule has 0 heterocycles. The molecule has 0 spiro atoms. The van der Waals surface area contributed by atoms with Crippen LogP contribution in [0.3, 0.4) is 0 Å². The predicted molar refractivity (Wildman–Crippen MR) is 70.8 cm³/mol. The van der Waals surface area contributed by atoms with Gasteiger partial charge in [0.15, 0.2) is 11.6 Å². The maximum absolute atomic E-state index is 13.2. The first-order valence-electron chi connectivity index (χ1n) is 6.85. The summed E-state index contributed by atoms with van der Waals surface area (Å²) in [6.07, 6.45) is 4.37. The number of halogens is 2. The molecule has 1 atom stereocenters. The Kier molecular flexibility index (Phi) is 4.53. The molecule has 1 aromatic carbocycles. The van der Waals surface area contributed by atoms with Gasteiger partial charge in [-0.3, -0.25) is 0 Å². The quantitative estimate of drug-likeness (QED) is 0.860. The number of aliphatic hydroxyl groups excluding tert-OH is 1. The van der Waals surface area contributed by atoms with Gasteiger partial charge >= 0.3 is 0 Å². The average molecular weight is 269 g/mol. The number of benzene rings is 1. The van der Waals surface area contributed by atoms with Crippen LogP contribution >= 0.6 is 0 Å². The highest BCUT2D eigenvalue weighted by Gasteiger charge is 2.33. The molecule has 1 aromatic rings. The number of hydrogen-bond acceptors (Lipinski definition) is 2. The van der Waals surface area contributed by atoms with Crippen LogP contribution in [0.4, 0.5) is 8.78 Å². The van der Waals surface area contributed by atoms with Crippen molar-refractivity contribution in [1.29, 1.82) is 0 Å². The van der Waals surface area contributed by atoms with Gasteiger partial charge in [0.1, 0.15) is 0 Å². The van der Waals surface area contributed by atoms with E-state index in [4.69, 9.17) is 0 Å². The molecule has 0 aliphatic heterocycles. The Morgan fingerprint density at radius 2 is 1.95 bits per heavy atom. The summed E-state index contributed by atoms with van der Waals surface area (Å²) in [6.45, 7) is 2.82. The summed E-state index contributed by atoms with van der Waals surface area (Å²) in [7, 11) is 0. The van der Waals surface area contributed by atoms with Crippen LogP contribution in [0.5, 0.6) is 0 Å². The van der Waals surface area contributed by atoms with E-state index in [1.807, 2.05) is 6.92 Å². The first-order valence-corrected chi connectivity index (χ1v) is 6.85. The molecule has 1 aliphatic rings. The molecular weight excluding hydrogens is 248 g/mol. The standard InChI is InChI=1S/C15H21F2NO/c1-11(12-4-5-13(16)14(17)8-12)18-9-15(10-19)6-2-3-7-15/h4-5,8,11,18-19H,2-3,6-7,9-10H2,1H3. The van der Waals surface area contributed by atoms with Crippen molar-refractivity contribution in [3.8, 4) is 0 Å². The van der Waals surface area contributed by atoms with Gasteiger partial charge in [-0.1, -0.05) is 18.9 Å². The lowest BCUT2D eigenvalue weighted by Crippen LogP contribution is -2.36. The summed E-state index contributed by atoms with van der Waals surface area (Å²) in [4.78, 5) is 0. The van der Waals surface area contributed by atoms with Crippen LogP contribution in [0.25, 0.3) is 0 Å². The topological polar surface area (TPSA) is 32.3 Å². The summed E-state index contributed by atoms with van der Waals surface area (Å²) in [5.74, 6) is -1.64. The normalized spacial score (nSPS) is 19.6. The number of aliphatic hydroxyl groups is 1. The van der Waals surface area contributed by atoms with Crippen LogP contribution in [-0.4, -0.2) is 18.3 Å². The highest BCUT2D eigenvalue weighted by molar-refractivity contribution is 5.20. The highest BCUT2D eigenvalue weighted by atomic mass is 19.2. The minimum Gasteiger partial charge on any atom is -0.396 e. The van der Waals surface area contributed by atoms with Crippen molar-refractivity contribution in [1.82, 2.24) is 5.32 Å². The SMILES string of the molecule is CC(NCC1(CO)CCCC1)c1ccc(F)c(F)c1. The first kappa shape index (κ1) is 14.4. The lowest BCUT2D eigenvalue weighted by molar-refractivity contribution is 0.125. The van der Waals surface area contributed by atoms with E-state index < -0.39 is 11.6 Å². The molecule has 0 bridgehead atoms. The van der Waals surface area contributed by atoms with Crippen molar-refractivity contribution < 1.29 is 13.9 Å². The minimum absolute atomic E-state index is 0.0349. The van der Waals surface area contributed by atoms with Gasteiger partial charge < -0.3 is 10.4 Å². The summed E-state index contributed by atoms with van der Waals surface area (Å²) in [5, 5.41) is 12.9. The smallest absolute Gasteiger partial charge is 0.159 e. The fourth-order valence-electron chi connectivity index (χ4n) is 2.78. The van der Waals surface area contributed by atoms with Crippen molar-refractivity contribution in [2.24, 2.45) is 5.41 Å². The van der Waals surface area contributed by atoms with Crippen LogP contribution < -0.4 is 5.32 Å². The summed E-state index contributed by atoms with van der Waals surface area (Å²) < 4.78 is 26.1. The van der Waals surface area contributed by atoms with Gasteiger partial charge in [0, 0.05) is 24.6 Å². The van der Waals surface area contributed by atoms with Gasteiger partial charge in [0.05, 0.1) is 0 Å². The second kappa shape index (κ2) is 5.97. The highest BCUT2D eigenvalue weighted by Crippen LogP contribution is 2.37. The molecule has 106 valence electrons. The number of hydrogen-bond donors (Lipinski definition) is 2. The molecule has 2 rings (SSSR count). The summed E-state index contributed by atoms with van der Waals surface area (Å²) >= 11 is 0. The summed E-state index contributed by atoms with van der Waals surface area (Å²) in [5.41, 5.74) is 0.692. The van der Waals surface area contributed by atoms with E-state index in [2.05, 4.69) is 5.32 Å². The zero-order valence-electron chi connectivity index (χ0n) is 11.3. The third kappa shape index (κ3) is 3.31. The zero-order chi connectivity index (χ0) is 13.9. The van der Waals surface area contributed by atoms with E-state index in [-0.39, 0.29) is 18.1 Å². The van der Waals surface area contributed by atoms with Crippen LogP contribution in [0.1, 0.15) is 44.2 Å². The van der Waals surface area contributed by atoms with Crippen LogP contribution in [0.15, 0.2) is 18.2 Å². The molecule has 1 saturated carbocycles. The fourth-order valence-corrected chi connectivity index (χ4v) is 2.78. The van der Waals surface area contributed by atoms with Crippen LogP contribution in [0, 0.1) is 17.0 Å². The van der Waals surface area contributed by atoms with Crippen molar-refractivity contribution in [2.75, 3.05) is 13.2 Å². The van der Waals surface area contributed by atoms with Gasteiger partial charge in [-0.25, -0.2) is 8.78 Å². The molecule has 2 nitrogen and oxygen atoms in total. The van der Waals surface area contributed by atoms with E-state index in [1.54, 1.807) is 6.07 Å². The first-order chi connectivity index (χ1) is 9.06. The molecule has 1 aliphatic carbocycles. The molecule has 0 saturated heterocycles. The molecule has 0 radical (unpaired) electrons. The van der Waals surface area contributed by atoms with E-state index in [1.165, 1.54) is 6.07 Å². The van der Waals surface area contributed by atoms with Crippen molar-refractivity contribution in [3.05, 3.63) is 35.4 Å². The van der Waals surface area contributed by atoms with Crippen molar-refractivity contribution in [3.63, 3.8) is 0 Å². The lowest BCUT2D eigenvalue weighted by Gasteiger charge is -2.29. The molecular formula is C15H21F2NO. The zero-order valence-corrected chi connectivity index (χ0v) is 11.3. The van der Waals surface area contributed by atoms with E-state index in [0.717, 1.165) is 37.3 Å². The molecule has 1 fully saturated rings. The Morgan fingerprint density at radius 3 is 2.53 bits per heavy atom. The Morgan fingerprint density at radius 1 is 1.26 bits per heavy atom. The molecule has 19 heavy (non-hydrogen) atoms. The second-order valence-corrected chi connectivity index (χ2v) is 5.64. The maximum atomic E-state index is 13.2. The van der Waals surface area contributed by atoms with Gasteiger partial charge in [-0.05, 0) is 37.5 Å². The third-order valence-corrected chi connectivity index (χ3v) is 4.23. The second-order valence-electron chi connectivity index (χ2n) is 5.64. The maximum Gasteiger partial charge on any atom is 0.159 e. The van der Waals surface area contributed by atoms with Crippen molar-refractivity contribution in [2.45, 2.75) is 38.6 Å². The molecule has 0 aromatic heterocycles.